The molecule has 9 heteroatoms. The van der Waals surface area contributed by atoms with Crippen molar-refractivity contribution in [2.24, 2.45) is 14.1 Å². The average molecular weight is 1300 g/mol. The molecule has 0 saturated heterocycles. The van der Waals surface area contributed by atoms with Gasteiger partial charge in [-0.15, -0.1) is 0 Å². The van der Waals surface area contributed by atoms with E-state index >= 15 is 0 Å². The van der Waals surface area contributed by atoms with E-state index in [4.69, 9.17) is 0 Å². The highest BCUT2D eigenvalue weighted by atomic mass is 127. The van der Waals surface area contributed by atoms with Gasteiger partial charge in [-0.3, -0.25) is 0 Å². The van der Waals surface area contributed by atoms with Gasteiger partial charge in [0, 0.05) is 59.7 Å². The molecule has 0 aliphatic carbocycles. The molecule has 78 heavy (non-hydrogen) atoms. The van der Waals surface area contributed by atoms with Crippen LogP contribution in [0.5, 0.6) is 0 Å². The first-order valence-electron chi connectivity index (χ1n) is 25.4. The van der Waals surface area contributed by atoms with Crippen LogP contribution in [0.1, 0.15) is 89.5 Å². The third-order valence-electron chi connectivity index (χ3n) is 13.0. The van der Waals surface area contributed by atoms with Gasteiger partial charge >= 0.3 is 0 Å². The van der Waals surface area contributed by atoms with Crippen LogP contribution in [0.2, 0.25) is 0 Å². The van der Waals surface area contributed by atoms with Crippen molar-refractivity contribution in [2.75, 3.05) is 0 Å². The van der Waals surface area contributed by atoms with Crippen LogP contribution in [0.4, 0.5) is 0 Å². The summed E-state index contributed by atoms with van der Waals surface area (Å²) in [6.07, 6.45) is 27.9. The van der Waals surface area contributed by atoms with Gasteiger partial charge in [0.05, 0.1) is 0 Å². The molecule has 2 unspecified atom stereocenters. The molecule has 0 radical (unpaired) electrons. The monoisotopic (exact) mass is 1300 g/mol. The highest BCUT2D eigenvalue weighted by molar-refractivity contribution is 5.62. The summed E-state index contributed by atoms with van der Waals surface area (Å²) in [7, 11) is 4.07. The first kappa shape index (κ1) is 69.7. The van der Waals surface area contributed by atoms with E-state index in [1.165, 1.54) is 69.3 Å². The van der Waals surface area contributed by atoms with Gasteiger partial charge in [-0.2, -0.15) is 0 Å². The molecule has 0 amide bonds. The zero-order valence-electron chi connectivity index (χ0n) is 45.6. The van der Waals surface area contributed by atoms with Crippen LogP contribution in [0.25, 0.3) is 46.6 Å². The Hall–Kier alpha value is -6.34. The van der Waals surface area contributed by atoms with E-state index in [-0.39, 0.29) is 78.2 Å². The quantitative estimate of drug-likeness (QED) is 0.106. The van der Waals surface area contributed by atoms with E-state index in [1.54, 1.807) is 0 Å². The molecule has 0 saturated carbocycles. The van der Waals surface area contributed by atoms with E-state index in [9.17, 15) is 0 Å². The molecule has 4 aromatic heterocycles. The van der Waals surface area contributed by atoms with Gasteiger partial charge in [-0.1, -0.05) is 192 Å². The Morgan fingerprint density at radius 3 is 1.12 bits per heavy atom. The number of hydrogen-bond donors (Lipinski definition) is 0. The second-order valence-electron chi connectivity index (χ2n) is 18.4. The molecule has 406 valence electrons. The van der Waals surface area contributed by atoms with Gasteiger partial charge in [-0.05, 0) is 92.8 Å². The van der Waals surface area contributed by atoms with Crippen molar-refractivity contribution in [1.82, 2.24) is 0 Å². The molecule has 0 fully saturated rings. The lowest BCUT2D eigenvalue weighted by Gasteiger charge is -2.19. The summed E-state index contributed by atoms with van der Waals surface area (Å²) in [4.78, 5) is 0. The summed E-state index contributed by atoms with van der Waals surface area (Å²) in [5.41, 5.74) is 15.1. The number of rotatable bonds is 16. The molecule has 5 aromatic carbocycles. The van der Waals surface area contributed by atoms with Crippen LogP contribution in [-0.4, -0.2) is 5.48 Å². The van der Waals surface area contributed by atoms with E-state index in [0.29, 0.717) is 11.8 Å². The smallest absolute Gasteiger partial charge is 0.173 e. The molecule has 0 aliphatic rings. The minimum atomic E-state index is 0. The Kier molecular flexibility index (Phi) is 34.2. The largest absolute Gasteiger partial charge is 1.00 e. The van der Waals surface area contributed by atoms with Crippen LogP contribution in [0.3, 0.4) is 0 Å². The zero-order valence-corrected chi connectivity index (χ0v) is 51.4. The number of pyridine rings is 4. The summed E-state index contributed by atoms with van der Waals surface area (Å²) in [5.74, 6) is 1.24. The van der Waals surface area contributed by atoms with Gasteiger partial charge < -0.3 is 78.2 Å². The van der Waals surface area contributed by atoms with Crippen LogP contribution in [-0.2, 0) is 27.2 Å². The number of aromatic nitrogens is 4. The van der Waals surface area contributed by atoms with Crippen LogP contribution >= 0.6 is 0 Å². The SMILES string of the molecule is C=Cc1ccc(C[n+]2ccc(-c3cc[n+](C)cc3)cc2)cc1.C=Cc1cccc(C=C)c1.C=Cc1ccccc1.CCC(CCC(C)c1ccc(C[n+]2ccc(-c3cc[n+](C)cc3)cc2)cc1)c1ccccc1.O.[Cl-].[Cl-].[I-].[I-]. The zero-order chi connectivity index (χ0) is 51.6. The maximum absolute atomic E-state index is 3.78. The first-order chi connectivity index (χ1) is 35.7. The second-order valence-corrected chi connectivity index (χ2v) is 18.4. The molecular formula is C69H76Cl2I2N4O. The molecular weight excluding hydrogens is 1230 g/mol. The van der Waals surface area contributed by atoms with Gasteiger partial charge in [0.25, 0.3) is 0 Å². The fraction of sp³-hybridized carbons (Fsp3) is 0.159. The van der Waals surface area contributed by atoms with E-state index in [2.05, 4.69) is 231 Å². The van der Waals surface area contributed by atoms with E-state index in [1.807, 2.05) is 97.6 Å². The minimum absolute atomic E-state index is 0. The Morgan fingerprint density at radius 2 is 0.744 bits per heavy atom. The van der Waals surface area contributed by atoms with Crippen molar-refractivity contribution < 1.29 is 96.5 Å². The van der Waals surface area contributed by atoms with Crippen molar-refractivity contribution in [3.63, 3.8) is 0 Å². The van der Waals surface area contributed by atoms with E-state index in [0.717, 1.165) is 29.8 Å². The molecule has 0 bridgehead atoms. The molecule has 9 aromatic rings. The first-order valence-corrected chi connectivity index (χ1v) is 25.4. The Morgan fingerprint density at radius 1 is 0.397 bits per heavy atom. The van der Waals surface area contributed by atoms with Crippen molar-refractivity contribution in [1.29, 1.82) is 0 Å². The van der Waals surface area contributed by atoms with Gasteiger partial charge in [0.15, 0.2) is 62.7 Å². The fourth-order valence-electron chi connectivity index (χ4n) is 8.38. The van der Waals surface area contributed by atoms with Crippen molar-refractivity contribution in [2.45, 2.75) is 58.0 Å². The van der Waals surface area contributed by atoms with E-state index < -0.39 is 0 Å². The minimum Gasteiger partial charge on any atom is -1.00 e. The van der Waals surface area contributed by atoms with Gasteiger partial charge in [0.1, 0.15) is 14.1 Å². The number of benzene rings is 5. The Bertz CT molecular complexity index is 3040. The van der Waals surface area contributed by atoms with Crippen LogP contribution in [0, 0.1) is 0 Å². The average Bonchev–Trinajstić information content (AvgIpc) is 3.45. The van der Waals surface area contributed by atoms with Crippen LogP contribution in [0.15, 0.2) is 258 Å². The third-order valence-corrected chi connectivity index (χ3v) is 13.0. The fourth-order valence-corrected chi connectivity index (χ4v) is 8.38. The van der Waals surface area contributed by atoms with Crippen molar-refractivity contribution in [3.05, 3.63) is 302 Å². The van der Waals surface area contributed by atoms with Crippen molar-refractivity contribution >= 4 is 24.3 Å². The molecule has 0 spiro atoms. The lowest BCUT2D eigenvalue weighted by molar-refractivity contribution is -0.688. The predicted octanol–water partition coefficient (Wildman–Crippen LogP) is 2.24. The molecule has 0 aliphatic heterocycles. The maximum Gasteiger partial charge on any atom is 0.173 e. The summed E-state index contributed by atoms with van der Waals surface area (Å²) in [5, 5.41) is 0. The lowest BCUT2D eigenvalue weighted by Crippen LogP contribution is -3.00. The number of aryl methyl sites for hydroxylation is 2. The Labute approximate surface area is 513 Å². The van der Waals surface area contributed by atoms with Crippen molar-refractivity contribution in [3.8, 4) is 22.3 Å². The third kappa shape index (κ3) is 23.3. The standard InChI is InChI=1S/C31H36N2.C20H20N2.C10H10.C8H8.2ClH.2HI.H2O/c1-4-27(29-8-6-5-7-9-29)13-10-25(2)28-14-11-26(12-15-28)24-33-22-18-31(19-23-33)30-16-20-32(3)21-17-30;1-3-17-4-6-18(7-5-17)16-22-14-10-20(11-15-22)19-8-12-21(2)13-9-19;1-3-9-6-5-7-10(4-2)8-9;1-2-8-6-4-3-5-7-8;;;;;/h5-9,11-12,14-23,25,27H,4,10,13,24H2,1-3H3;3-15H,1,16H2,2H3;3-8H,1-2H2;2-7H,1H2;4*1H;1H2/q2*+2;;;;;;;/p-4. The molecule has 2 N–H and O–H groups in total. The molecule has 9 rings (SSSR count). The molecule has 2 atom stereocenters. The van der Waals surface area contributed by atoms with Gasteiger partial charge in [0.2, 0.25) is 0 Å². The Balaban J connectivity index is 0.000000581. The number of nitrogens with zero attached hydrogens (tertiary/aromatic N) is 4. The normalized spacial score (nSPS) is 10.4. The highest BCUT2D eigenvalue weighted by Gasteiger charge is 2.14. The van der Waals surface area contributed by atoms with Crippen LogP contribution < -0.4 is 91.0 Å². The summed E-state index contributed by atoms with van der Waals surface area (Å²) >= 11 is 0. The van der Waals surface area contributed by atoms with Gasteiger partial charge in [-0.25, -0.2) is 18.3 Å². The molecule has 4 heterocycles. The number of hydrogen-bond acceptors (Lipinski definition) is 0. The topological polar surface area (TPSA) is 47.0 Å². The number of halogens is 4. The predicted molar refractivity (Wildman–Crippen MR) is 312 cm³/mol. The summed E-state index contributed by atoms with van der Waals surface area (Å²) in [6, 6.07) is 64.1. The highest BCUT2D eigenvalue weighted by Crippen LogP contribution is 2.30. The maximum atomic E-state index is 3.78. The summed E-state index contributed by atoms with van der Waals surface area (Å²) < 4.78 is 8.54. The molecule has 5 nitrogen and oxygen atoms in total. The summed E-state index contributed by atoms with van der Waals surface area (Å²) in [6.45, 7) is 21.2. The second kappa shape index (κ2) is 38.3. The lowest BCUT2D eigenvalue weighted by atomic mass is 9.86.